The first kappa shape index (κ1) is 15.4. The number of halogens is 4. The Morgan fingerprint density at radius 3 is 1.95 bits per heavy atom. The Bertz CT molecular complexity index is 606. The molecule has 0 saturated carbocycles. The molecule has 20 heavy (non-hydrogen) atoms. The number of rotatable bonds is 3. The summed E-state index contributed by atoms with van der Waals surface area (Å²) in [5.74, 6) is -1.35. The van der Waals surface area contributed by atoms with Gasteiger partial charge in [0.15, 0.2) is 0 Å². The van der Waals surface area contributed by atoms with Gasteiger partial charge in [-0.3, -0.25) is 0 Å². The normalized spacial score (nSPS) is 12.3. The first-order valence-corrected chi connectivity index (χ1v) is 7.25. The summed E-state index contributed by atoms with van der Waals surface area (Å²) < 4.78 is 34.4. The van der Waals surface area contributed by atoms with E-state index in [2.05, 4.69) is 31.9 Å². The van der Waals surface area contributed by atoms with Gasteiger partial charge in [0.25, 0.3) is 0 Å². The fourth-order valence-electron chi connectivity index (χ4n) is 1.90. The van der Waals surface area contributed by atoms with Crippen LogP contribution in [0.25, 0.3) is 0 Å². The lowest BCUT2D eigenvalue weighted by Gasteiger charge is -2.16. The average molecular weight is 407 g/mol. The zero-order chi connectivity index (χ0) is 14.9. The second-order valence-corrected chi connectivity index (χ2v) is 6.02. The van der Waals surface area contributed by atoms with E-state index in [1.165, 1.54) is 7.11 Å². The number of nitrogens with two attached hydrogens (primary N) is 1. The molecular formula is C14H11Br2F2NO. The molecule has 1 atom stereocenters. The van der Waals surface area contributed by atoms with E-state index in [0.717, 1.165) is 21.1 Å². The van der Waals surface area contributed by atoms with Crippen molar-refractivity contribution in [1.82, 2.24) is 0 Å². The van der Waals surface area contributed by atoms with Crippen LogP contribution in [0.3, 0.4) is 0 Å². The molecule has 2 N–H and O–H groups in total. The average Bonchev–Trinajstić information content (AvgIpc) is 2.36. The van der Waals surface area contributed by atoms with E-state index in [1.807, 2.05) is 6.07 Å². The van der Waals surface area contributed by atoms with Gasteiger partial charge in [0.1, 0.15) is 17.4 Å². The van der Waals surface area contributed by atoms with Gasteiger partial charge in [-0.05, 0) is 23.8 Å². The molecule has 0 aliphatic heterocycles. The van der Waals surface area contributed by atoms with Crippen LogP contribution in [0.15, 0.2) is 39.3 Å². The Morgan fingerprint density at radius 1 is 1.00 bits per heavy atom. The van der Waals surface area contributed by atoms with Crippen LogP contribution in [0.4, 0.5) is 8.78 Å². The summed E-state index contributed by atoms with van der Waals surface area (Å²) in [6, 6.07) is 6.58. The van der Waals surface area contributed by atoms with Crippen molar-refractivity contribution in [1.29, 1.82) is 0 Å². The van der Waals surface area contributed by atoms with Gasteiger partial charge >= 0.3 is 0 Å². The molecule has 0 saturated heterocycles. The molecule has 0 fully saturated rings. The minimum atomic E-state index is -0.908. The summed E-state index contributed by atoms with van der Waals surface area (Å²) >= 11 is 6.64. The predicted octanol–water partition coefficient (Wildman–Crippen LogP) is 4.55. The standard InChI is InChI=1S/C14H11Br2F2NO/c1-20-10-5-11(17)13(12(18)6-10)14(19)7-2-8(15)4-9(16)3-7/h2-6,14H,19H2,1H3. The molecule has 0 spiro atoms. The van der Waals surface area contributed by atoms with Crippen molar-refractivity contribution in [2.75, 3.05) is 7.11 Å². The first-order valence-electron chi connectivity index (χ1n) is 5.67. The van der Waals surface area contributed by atoms with Crippen LogP contribution in [0.2, 0.25) is 0 Å². The van der Waals surface area contributed by atoms with Gasteiger partial charge in [0, 0.05) is 26.6 Å². The van der Waals surface area contributed by atoms with Crippen molar-refractivity contribution in [3.8, 4) is 5.75 Å². The van der Waals surface area contributed by atoms with Crippen LogP contribution in [-0.4, -0.2) is 7.11 Å². The third-order valence-corrected chi connectivity index (χ3v) is 3.76. The molecule has 0 amide bonds. The second-order valence-electron chi connectivity index (χ2n) is 4.19. The number of hydrogen-bond acceptors (Lipinski definition) is 2. The van der Waals surface area contributed by atoms with Crippen LogP contribution < -0.4 is 10.5 Å². The highest BCUT2D eigenvalue weighted by Crippen LogP contribution is 2.31. The van der Waals surface area contributed by atoms with Crippen molar-refractivity contribution in [2.24, 2.45) is 5.73 Å². The van der Waals surface area contributed by atoms with Gasteiger partial charge in [-0.25, -0.2) is 8.78 Å². The topological polar surface area (TPSA) is 35.2 Å². The second kappa shape index (κ2) is 6.20. The maximum Gasteiger partial charge on any atom is 0.134 e. The monoisotopic (exact) mass is 405 g/mol. The largest absolute Gasteiger partial charge is 0.497 e. The number of hydrogen-bond donors (Lipinski definition) is 1. The van der Waals surface area contributed by atoms with E-state index in [-0.39, 0.29) is 11.3 Å². The predicted molar refractivity (Wildman–Crippen MR) is 80.8 cm³/mol. The fourth-order valence-corrected chi connectivity index (χ4v) is 3.23. The van der Waals surface area contributed by atoms with Crippen molar-refractivity contribution < 1.29 is 13.5 Å². The molecule has 1 unspecified atom stereocenters. The van der Waals surface area contributed by atoms with E-state index in [4.69, 9.17) is 10.5 Å². The summed E-state index contributed by atoms with van der Waals surface area (Å²) in [5, 5.41) is 0. The Morgan fingerprint density at radius 2 is 1.50 bits per heavy atom. The van der Waals surface area contributed by atoms with Gasteiger partial charge in [-0.15, -0.1) is 0 Å². The highest BCUT2D eigenvalue weighted by Gasteiger charge is 2.20. The number of methoxy groups -OCH3 is 1. The molecule has 0 heterocycles. The molecule has 106 valence electrons. The minimum absolute atomic E-state index is 0.117. The zero-order valence-corrected chi connectivity index (χ0v) is 13.6. The van der Waals surface area contributed by atoms with E-state index in [9.17, 15) is 8.78 Å². The molecule has 0 aromatic heterocycles. The van der Waals surface area contributed by atoms with Crippen molar-refractivity contribution in [3.05, 3.63) is 62.0 Å². The molecule has 0 bridgehead atoms. The molecule has 6 heteroatoms. The van der Waals surface area contributed by atoms with Crippen LogP contribution in [0, 0.1) is 11.6 Å². The number of benzene rings is 2. The molecule has 2 aromatic carbocycles. The van der Waals surface area contributed by atoms with Crippen molar-refractivity contribution in [3.63, 3.8) is 0 Å². The lowest BCUT2D eigenvalue weighted by atomic mass is 9.98. The van der Waals surface area contributed by atoms with Crippen molar-refractivity contribution in [2.45, 2.75) is 6.04 Å². The Labute approximate surface area is 132 Å². The van der Waals surface area contributed by atoms with Gasteiger partial charge in [-0.2, -0.15) is 0 Å². The van der Waals surface area contributed by atoms with E-state index >= 15 is 0 Å². The third kappa shape index (κ3) is 3.19. The first-order chi connectivity index (χ1) is 9.42. The van der Waals surface area contributed by atoms with Gasteiger partial charge in [-0.1, -0.05) is 31.9 Å². The lowest BCUT2D eigenvalue weighted by molar-refractivity contribution is 0.404. The van der Waals surface area contributed by atoms with Crippen LogP contribution >= 0.6 is 31.9 Å². The highest BCUT2D eigenvalue weighted by molar-refractivity contribution is 9.11. The Balaban J connectivity index is 2.50. The lowest BCUT2D eigenvalue weighted by Crippen LogP contribution is -2.16. The van der Waals surface area contributed by atoms with Crippen LogP contribution in [-0.2, 0) is 0 Å². The summed E-state index contributed by atoms with van der Waals surface area (Å²) in [4.78, 5) is 0. The molecule has 0 radical (unpaired) electrons. The molecular weight excluding hydrogens is 396 g/mol. The summed E-state index contributed by atoms with van der Waals surface area (Å²) in [7, 11) is 1.35. The molecule has 2 aromatic rings. The van der Waals surface area contributed by atoms with E-state index in [0.29, 0.717) is 5.56 Å². The molecule has 0 aliphatic carbocycles. The summed E-state index contributed by atoms with van der Waals surface area (Å²) in [6.45, 7) is 0. The van der Waals surface area contributed by atoms with Gasteiger partial charge in [0.05, 0.1) is 13.2 Å². The SMILES string of the molecule is COc1cc(F)c(C(N)c2cc(Br)cc(Br)c2)c(F)c1. The Hall–Kier alpha value is -0.980. The summed E-state index contributed by atoms with van der Waals surface area (Å²) in [5.41, 5.74) is 6.39. The van der Waals surface area contributed by atoms with Crippen LogP contribution in [0.5, 0.6) is 5.75 Å². The molecule has 2 nitrogen and oxygen atoms in total. The highest BCUT2D eigenvalue weighted by atomic mass is 79.9. The van der Waals surface area contributed by atoms with Gasteiger partial charge < -0.3 is 10.5 Å². The molecule has 0 aliphatic rings. The fraction of sp³-hybridized carbons (Fsp3) is 0.143. The zero-order valence-electron chi connectivity index (χ0n) is 10.5. The quantitative estimate of drug-likeness (QED) is 0.811. The number of ether oxygens (including phenoxy) is 1. The molecule has 2 rings (SSSR count). The van der Waals surface area contributed by atoms with Crippen LogP contribution in [0.1, 0.15) is 17.2 Å². The van der Waals surface area contributed by atoms with Crippen molar-refractivity contribution >= 4 is 31.9 Å². The Kier molecular flexibility index (Phi) is 4.78. The maximum atomic E-state index is 14.0. The summed E-state index contributed by atoms with van der Waals surface area (Å²) in [6.07, 6.45) is 0. The van der Waals surface area contributed by atoms with Gasteiger partial charge in [0.2, 0.25) is 0 Å². The maximum absolute atomic E-state index is 14.0. The van der Waals surface area contributed by atoms with E-state index in [1.54, 1.807) is 12.1 Å². The minimum Gasteiger partial charge on any atom is -0.497 e. The third-order valence-electron chi connectivity index (χ3n) is 2.84. The smallest absolute Gasteiger partial charge is 0.134 e. The van der Waals surface area contributed by atoms with E-state index < -0.39 is 17.7 Å².